The summed E-state index contributed by atoms with van der Waals surface area (Å²) < 4.78 is 0. The average Bonchev–Trinajstić information content (AvgIpc) is 2.25. The SMILES string of the molecule is Cc1cccc2c(C(=O)O)c(O)c(O)c(O)c12. The molecule has 0 bridgehead atoms. The maximum Gasteiger partial charge on any atom is 0.340 e. The third-order valence-corrected chi connectivity index (χ3v) is 2.68. The topological polar surface area (TPSA) is 98.0 Å². The molecule has 0 unspecified atom stereocenters. The molecule has 2 aromatic carbocycles. The van der Waals surface area contributed by atoms with Gasteiger partial charge < -0.3 is 20.4 Å². The minimum Gasteiger partial charge on any atom is -0.504 e. The minimum atomic E-state index is -1.37. The van der Waals surface area contributed by atoms with Crippen molar-refractivity contribution in [2.75, 3.05) is 0 Å². The van der Waals surface area contributed by atoms with E-state index in [-0.39, 0.29) is 10.8 Å². The summed E-state index contributed by atoms with van der Waals surface area (Å²) in [6.45, 7) is 1.67. The van der Waals surface area contributed by atoms with E-state index in [0.717, 1.165) is 0 Å². The normalized spacial score (nSPS) is 10.6. The molecule has 0 aliphatic rings. The van der Waals surface area contributed by atoms with Gasteiger partial charge in [0.15, 0.2) is 11.5 Å². The second kappa shape index (κ2) is 3.55. The fourth-order valence-electron chi connectivity index (χ4n) is 1.88. The molecule has 2 aromatic rings. The molecule has 0 saturated carbocycles. The van der Waals surface area contributed by atoms with Crippen LogP contribution in [0.1, 0.15) is 15.9 Å². The maximum absolute atomic E-state index is 11.1. The second-order valence-electron chi connectivity index (χ2n) is 3.72. The van der Waals surface area contributed by atoms with Crippen LogP contribution in [0.4, 0.5) is 0 Å². The van der Waals surface area contributed by atoms with Crippen molar-refractivity contribution in [1.29, 1.82) is 0 Å². The predicted octanol–water partition coefficient (Wildman–Crippen LogP) is 1.96. The van der Waals surface area contributed by atoms with Crippen LogP contribution in [0.5, 0.6) is 17.2 Å². The smallest absolute Gasteiger partial charge is 0.340 e. The first-order valence-electron chi connectivity index (χ1n) is 4.84. The summed E-state index contributed by atoms with van der Waals surface area (Å²) in [6.07, 6.45) is 0. The molecule has 5 nitrogen and oxygen atoms in total. The molecule has 0 heterocycles. The molecule has 17 heavy (non-hydrogen) atoms. The summed E-state index contributed by atoms with van der Waals surface area (Å²) in [4.78, 5) is 11.1. The standard InChI is InChI=1S/C12H10O5/c1-5-3-2-4-6-7(5)9(13)11(15)10(14)8(6)12(16)17/h2-4,13-15H,1H3,(H,16,17). The van der Waals surface area contributed by atoms with Crippen LogP contribution < -0.4 is 0 Å². The Balaban J connectivity index is 3.10. The van der Waals surface area contributed by atoms with E-state index in [9.17, 15) is 20.1 Å². The number of aromatic hydroxyl groups is 3. The van der Waals surface area contributed by atoms with Crippen molar-refractivity contribution >= 4 is 16.7 Å². The zero-order chi connectivity index (χ0) is 12.7. The Morgan fingerprint density at radius 2 is 1.71 bits per heavy atom. The van der Waals surface area contributed by atoms with Gasteiger partial charge in [-0.25, -0.2) is 4.79 Å². The van der Waals surface area contributed by atoms with Gasteiger partial charge in [-0.05, 0) is 12.5 Å². The van der Waals surface area contributed by atoms with Crippen molar-refractivity contribution in [1.82, 2.24) is 0 Å². The molecule has 0 radical (unpaired) electrons. The highest BCUT2D eigenvalue weighted by atomic mass is 16.4. The van der Waals surface area contributed by atoms with Crippen molar-refractivity contribution in [3.05, 3.63) is 29.3 Å². The molecule has 0 spiro atoms. The van der Waals surface area contributed by atoms with Crippen LogP contribution in [0, 0.1) is 6.92 Å². The van der Waals surface area contributed by atoms with Gasteiger partial charge in [0, 0.05) is 10.8 Å². The lowest BCUT2D eigenvalue weighted by Gasteiger charge is -2.11. The number of carboxylic acids is 1. The molecule has 0 aromatic heterocycles. The Labute approximate surface area is 96.2 Å². The number of carbonyl (C=O) groups is 1. The van der Waals surface area contributed by atoms with E-state index in [1.165, 1.54) is 6.07 Å². The fourth-order valence-corrected chi connectivity index (χ4v) is 1.88. The van der Waals surface area contributed by atoms with Crippen molar-refractivity contribution in [2.24, 2.45) is 0 Å². The molecule has 5 heteroatoms. The highest BCUT2D eigenvalue weighted by Gasteiger charge is 2.23. The van der Waals surface area contributed by atoms with Crippen molar-refractivity contribution in [3.8, 4) is 17.2 Å². The summed E-state index contributed by atoms with van der Waals surface area (Å²) in [6, 6.07) is 4.74. The molecule has 0 amide bonds. The van der Waals surface area contributed by atoms with E-state index in [0.29, 0.717) is 5.56 Å². The Hall–Kier alpha value is -2.43. The van der Waals surface area contributed by atoms with Gasteiger partial charge in [-0.3, -0.25) is 0 Å². The largest absolute Gasteiger partial charge is 0.504 e. The summed E-state index contributed by atoms with van der Waals surface area (Å²) in [5, 5.41) is 38.2. The number of benzene rings is 2. The molecular weight excluding hydrogens is 224 g/mol. The number of aromatic carboxylic acids is 1. The van der Waals surface area contributed by atoms with Gasteiger partial charge in [-0.1, -0.05) is 18.2 Å². The van der Waals surface area contributed by atoms with E-state index in [1.54, 1.807) is 19.1 Å². The van der Waals surface area contributed by atoms with Crippen LogP contribution in [-0.2, 0) is 0 Å². The van der Waals surface area contributed by atoms with Crippen LogP contribution in [-0.4, -0.2) is 26.4 Å². The number of fused-ring (bicyclic) bond motifs is 1. The quantitative estimate of drug-likeness (QED) is 0.565. The number of hydrogen-bond acceptors (Lipinski definition) is 4. The van der Waals surface area contributed by atoms with Gasteiger partial charge in [0.2, 0.25) is 5.75 Å². The van der Waals surface area contributed by atoms with Gasteiger partial charge in [0.05, 0.1) is 0 Å². The third kappa shape index (κ3) is 1.44. The Kier molecular flexibility index (Phi) is 2.31. The lowest BCUT2D eigenvalue weighted by molar-refractivity contribution is 0.0695. The van der Waals surface area contributed by atoms with Crippen molar-refractivity contribution < 1.29 is 25.2 Å². The molecular formula is C12H10O5. The van der Waals surface area contributed by atoms with Gasteiger partial charge in [-0.2, -0.15) is 0 Å². The van der Waals surface area contributed by atoms with Crippen LogP contribution in [0.3, 0.4) is 0 Å². The van der Waals surface area contributed by atoms with E-state index in [2.05, 4.69) is 0 Å². The van der Waals surface area contributed by atoms with Crippen LogP contribution in [0.15, 0.2) is 18.2 Å². The molecule has 2 rings (SSSR count). The lowest BCUT2D eigenvalue weighted by atomic mass is 9.98. The highest BCUT2D eigenvalue weighted by Crippen LogP contribution is 2.45. The summed E-state index contributed by atoms with van der Waals surface area (Å²) >= 11 is 0. The Morgan fingerprint density at radius 1 is 1.06 bits per heavy atom. The zero-order valence-corrected chi connectivity index (χ0v) is 8.93. The lowest BCUT2D eigenvalue weighted by Crippen LogP contribution is -1.99. The van der Waals surface area contributed by atoms with E-state index in [1.807, 2.05) is 0 Å². The number of hydrogen-bond donors (Lipinski definition) is 4. The molecule has 0 saturated heterocycles. The van der Waals surface area contributed by atoms with E-state index < -0.39 is 28.8 Å². The van der Waals surface area contributed by atoms with Gasteiger partial charge >= 0.3 is 5.97 Å². The number of rotatable bonds is 1. The van der Waals surface area contributed by atoms with Gasteiger partial charge in [0.25, 0.3) is 0 Å². The van der Waals surface area contributed by atoms with E-state index >= 15 is 0 Å². The number of phenolic OH excluding ortho intramolecular Hbond substituents is 2. The van der Waals surface area contributed by atoms with Crippen LogP contribution in [0.25, 0.3) is 10.8 Å². The summed E-state index contributed by atoms with van der Waals surface area (Å²) in [7, 11) is 0. The Morgan fingerprint density at radius 3 is 2.29 bits per heavy atom. The predicted molar refractivity (Wildman–Crippen MR) is 60.6 cm³/mol. The summed E-state index contributed by atoms with van der Waals surface area (Å²) in [5.74, 6) is -3.52. The van der Waals surface area contributed by atoms with Gasteiger partial charge in [-0.15, -0.1) is 0 Å². The molecule has 0 fully saturated rings. The molecule has 0 atom stereocenters. The van der Waals surface area contributed by atoms with Crippen molar-refractivity contribution in [2.45, 2.75) is 6.92 Å². The number of carboxylic acid groups (broad SMARTS) is 1. The maximum atomic E-state index is 11.1. The average molecular weight is 234 g/mol. The fraction of sp³-hybridized carbons (Fsp3) is 0.0833. The van der Waals surface area contributed by atoms with Crippen LogP contribution in [0.2, 0.25) is 0 Å². The summed E-state index contributed by atoms with van der Waals surface area (Å²) in [5.41, 5.74) is 0.191. The third-order valence-electron chi connectivity index (χ3n) is 2.68. The zero-order valence-electron chi connectivity index (χ0n) is 8.93. The number of phenols is 3. The van der Waals surface area contributed by atoms with E-state index in [4.69, 9.17) is 5.11 Å². The number of aryl methyl sites for hydroxylation is 1. The second-order valence-corrected chi connectivity index (χ2v) is 3.72. The van der Waals surface area contributed by atoms with Gasteiger partial charge in [0.1, 0.15) is 5.56 Å². The Bertz CT molecular complexity index is 631. The first kappa shape index (κ1) is 11.1. The molecule has 4 N–H and O–H groups in total. The minimum absolute atomic E-state index is 0.185. The molecule has 0 aliphatic heterocycles. The molecule has 0 aliphatic carbocycles. The first-order chi connectivity index (χ1) is 7.95. The molecule has 88 valence electrons. The first-order valence-corrected chi connectivity index (χ1v) is 4.84. The van der Waals surface area contributed by atoms with Crippen molar-refractivity contribution in [3.63, 3.8) is 0 Å². The monoisotopic (exact) mass is 234 g/mol. The highest BCUT2D eigenvalue weighted by molar-refractivity contribution is 6.10. The van der Waals surface area contributed by atoms with Crippen LogP contribution >= 0.6 is 0 Å².